The van der Waals surface area contributed by atoms with Crippen LogP contribution in [-0.2, 0) is 0 Å². The number of hydrogen-bond acceptors (Lipinski definition) is 6. The number of ether oxygens (including phenoxy) is 2. The summed E-state index contributed by atoms with van der Waals surface area (Å²) < 4.78 is 11.1. The molecule has 0 atom stereocenters. The van der Waals surface area contributed by atoms with Crippen LogP contribution in [0.3, 0.4) is 0 Å². The Morgan fingerprint density at radius 1 is 1.20 bits per heavy atom. The largest absolute Gasteiger partial charge is 0.486 e. The minimum absolute atomic E-state index is 0.0404. The Morgan fingerprint density at radius 2 is 2.04 bits per heavy atom. The van der Waals surface area contributed by atoms with Gasteiger partial charge in [-0.3, -0.25) is 14.9 Å². The zero-order valence-electron chi connectivity index (χ0n) is 12.9. The van der Waals surface area contributed by atoms with Crippen LogP contribution in [0.4, 0.5) is 5.13 Å². The second-order valence-electron chi connectivity index (χ2n) is 5.26. The van der Waals surface area contributed by atoms with Crippen molar-refractivity contribution in [2.75, 3.05) is 18.5 Å². The molecule has 1 aliphatic rings. The predicted octanol–water partition coefficient (Wildman–Crippen LogP) is 2.52. The maximum absolute atomic E-state index is 12.2. The molecule has 0 aliphatic carbocycles. The van der Waals surface area contributed by atoms with E-state index in [-0.39, 0.29) is 5.56 Å². The predicted molar refractivity (Wildman–Crippen MR) is 93.6 cm³/mol. The van der Waals surface area contributed by atoms with Gasteiger partial charge in [0.1, 0.15) is 18.8 Å². The Balaban J connectivity index is 1.55. The molecule has 0 unspecified atom stereocenters. The van der Waals surface area contributed by atoms with Crippen molar-refractivity contribution in [1.82, 2.24) is 9.97 Å². The Hall–Kier alpha value is -3.13. The molecule has 7 nitrogen and oxygen atoms in total. The number of aromatic amines is 1. The lowest BCUT2D eigenvalue weighted by Gasteiger charge is -2.18. The van der Waals surface area contributed by atoms with Crippen LogP contribution >= 0.6 is 11.3 Å². The van der Waals surface area contributed by atoms with E-state index in [9.17, 15) is 9.59 Å². The van der Waals surface area contributed by atoms with Crippen LogP contribution < -0.4 is 20.3 Å². The number of rotatable bonds is 3. The van der Waals surface area contributed by atoms with Crippen molar-refractivity contribution in [3.63, 3.8) is 0 Å². The normalized spacial score (nSPS) is 12.6. The summed E-state index contributed by atoms with van der Waals surface area (Å²) in [5.74, 6) is 0.894. The van der Waals surface area contributed by atoms with Crippen molar-refractivity contribution in [2.24, 2.45) is 0 Å². The molecule has 4 rings (SSSR count). The highest BCUT2D eigenvalue weighted by atomic mass is 32.1. The van der Waals surface area contributed by atoms with Gasteiger partial charge < -0.3 is 14.5 Å². The van der Waals surface area contributed by atoms with E-state index >= 15 is 0 Å². The first kappa shape index (κ1) is 15.4. The number of anilines is 1. The highest BCUT2D eigenvalue weighted by Crippen LogP contribution is 2.35. The van der Waals surface area contributed by atoms with Crippen LogP contribution in [0.2, 0.25) is 0 Å². The smallest absolute Gasteiger partial charge is 0.263 e. The second-order valence-corrected chi connectivity index (χ2v) is 6.12. The third-order valence-corrected chi connectivity index (χ3v) is 4.38. The summed E-state index contributed by atoms with van der Waals surface area (Å²) >= 11 is 1.28. The number of carbonyl (C=O) groups is 1. The van der Waals surface area contributed by atoms with Crippen molar-refractivity contribution in [3.8, 4) is 22.8 Å². The molecule has 0 spiro atoms. The number of fused-ring (bicyclic) bond motifs is 1. The van der Waals surface area contributed by atoms with Gasteiger partial charge in [0.2, 0.25) is 0 Å². The summed E-state index contributed by atoms with van der Waals surface area (Å²) in [4.78, 5) is 30.7. The Morgan fingerprint density at radius 3 is 2.88 bits per heavy atom. The highest BCUT2D eigenvalue weighted by molar-refractivity contribution is 7.14. The third kappa shape index (κ3) is 3.11. The van der Waals surface area contributed by atoms with Gasteiger partial charge >= 0.3 is 0 Å². The number of H-pyrrole nitrogens is 1. The standard InChI is InChI=1S/C17H13N3O4S/c21-15-11(2-1-5-18-15)16(22)20-17-19-12(9-25-17)10-3-4-13-14(8-10)24-7-6-23-13/h1-5,8-9H,6-7H2,(H,18,21)(H,19,20,22). The van der Waals surface area contributed by atoms with Crippen molar-refractivity contribution in [2.45, 2.75) is 0 Å². The molecule has 1 aliphatic heterocycles. The number of benzene rings is 1. The van der Waals surface area contributed by atoms with E-state index in [1.54, 1.807) is 6.07 Å². The molecule has 1 amide bonds. The van der Waals surface area contributed by atoms with Crippen LogP contribution in [0.1, 0.15) is 10.4 Å². The van der Waals surface area contributed by atoms with Crippen molar-refractivity contribution in [1.29, 1.82) is 0 Å². The van der Waals surface area contributed by atoms with Gasteiger partial charge in [0.25, 0.3) is 11.5 Å². The van der Waals surface area contributed by atoms with Gasteiger partial charge in [0.15, 0.2) is 16.6 Å². The molecule has 25 heavy (non-hydrogen) atoms. The number of amides is 1. The molecule has 3 aromatic rings. The van der Waals surface area contributed by atoms with E-state index in [0.717, 1.165) is 5.56 Å². The van der Waals surface area contributed by atoms with Crippen LogP contribution in [0, 0.1) is 0 Å². The average Bonchev–Trinajstić information content (AvgIpc) is 3.10. The molecule has 3 heterocycles. The monoisotopic (exact) mass is 355 g/mol. The maximum Gasteiger partial charge on any atom is 0.263 e. The van der Waals surface area contributed by atoms with E-state index in [1.165, 1.54) is 23.6 Å². The van der Waals surface area contributed by atoms with Crippen molar-refractivity contribution < 1.29 is 14.3 Å². The molecule has 0 radical (unpaired) electrons. The molecular weight excluding hydrogens is 342 g/mol. The minimum atomic E-state index is -0.495. The van der Waals surface area contributed by atoms with Crippen molar-refractivity contribution >= 4 is 22.4 Å². The molecule has 0 saturated heterocycles. The number of carbonyl (C=O) groups excluding carboxylic acids is 1. The van der Waals surface area contributed by atoms with Gasteiger partial charge in [-0.15, -0.1) is 11.3 Å². The summed E-state index contributed by atoms with van der Waals surface area (Å²) in [5.41, 5.74) is 1.17. The van der Waals surface area contributed by atoms with Gasteiger partial charge in [0, 0.05) is 17.1 Å². The van der Waals surface area contributed by atoms with Crippen LogP contribution in [0.5, 0.6) is 11.5 Å². The van der Waals surface area contributed by atoms with Crippen LogP contribution in [0.15, 0.2) is 46.7 Å². The minimum Gasteiger partial charge on any atom is -0.486 e. The Labute approximate surface area is 146 Å². The molecule has 2 aromatic heterocycles. The molecule has 8 heteroatoms. The topological polar surface area (TPSA) is 93.3 Å². The van der Waals surface area contributed by atoms with Gasteiger partial charge in [-0.25, -0.2) is 4.98 Å². The fraction of sp³-hybridized carbons (Fsp3) is 0.118. The molecular formula is C17H13N3O4S. The highest BCUT2D eigenvalue weighted by Gasteiger charge is 2.15. The molecule has 126 valence electrons. The molecule has 0 fully saturated rings. The quantitative estimate of drug-likeness (QED) is 0.753. The van der Waals surface area contributed by atoms with Gasteiger partial charge in [-0.05, 0) is 30.3 Å². The van der Waals surface area contributed by atoms with E-state index < -0.39 is 11.5 Å². The van der Waals surface area contributed by atoms with Crippen LogP contribution in [0.25, 0.3) is 11.3 Å². The second kappa shape index (κ2) is 6.40. The number of hydrogen-bond donors (Lipinski definition) is 2. The van der Waals surface area contributed by atoms with E-state index in [2.05, 4.69) is 15.3 Å². The Kier molecular flexibility index (Phi) is 3.95. The number of pyridine rings is 1. The summed E-state index contributed by atoms with van der Waals surface area (Å²) in [6.07, 6.45) is 1.47. The van der Waals surface area contributed by atoms with Gasteiger partial charge in [-0.1, -0.05) is 0 Å². The first-order valence-corrected chi connectivity index (χ1v) is 8.43. The summed E-state index contributed by atoms with van der Waals surface area (Å²) in [6, 6.07) is 8.64. The Bertz CT molecular complexity index is 995. The fourth-order valence-corrected chi connectivity index (χ4v) is 3.15. The van der Waals surface area contributed by atoms with E-state index in [1.807, 2.05) is 23.6 Å². The van der Waals surface area contributed by atoms with Gasteiger partial charge in [0.05, 0.1) is 5.69 Å². The zero-order chi connectivity index (χ0) is 17.2. The zero-order valence-corrected chi connectivity index (χ0v) is 13.8. The molecule has 0 bridgehead atoms. The molecule has 1 aromatic carbocycles. The number of thiazole rings is 1. The summed E-state index contributed by atoms with van der Waals surface area (Å²) in [5, 5.41) is 4.89. The molecule has 0 saturated carbocycles. The number of nitrogens with zero attached hydrogens (tertiary/aromatic N) is 1. The SMILES string of the molecule is O=C(Nc1nc(-c2ccc3c(c2)OCCO3)cs1)c1ccc[nH]c1=O. The lowest BCUT2D eigenvalue weighted by Crippen LogP contribution is -2.22. The van der Waals surface area contributed by atoms with Gasteiger partial charge in [-0.2, -0.15) is 0 Å². The lowest BCUT2D eigenvalue weighted by molar-refractivity contribution is 0.102. The van der Waals surface area contributed by atoms with E-state index in [4.69, 9.17) is 9.47 Å². The number of nitrogens with one attached hydrogen (secondary N) is 2. The number of aromatic nitrogens is 2. The fourth-order valence-electron chi connectivity index (χ4n) is 2.43. The summed E-state index contributed by atoms with van der Waals surface area (Å²) in [7, 11) is 0. The lowest BCUT2D eigenvalue weighted by atomic mass is 10.1. The maximum atomic E-state index is 12.2. The van der Waals surface area contributed by atoms with Crippen molar-refractivity contribution in [3.05, 3.63) is 57.8 Å². The third-order valence-electron chi connectivity index (χ3n) is 3.63. The average molecular weight is 355 g/mol. The first-order chi connectivity index (χ1) is 12.2. The molecule has 2 N–H and O–H groups in total. The van der Waals surface area contributed by atoms with E-state index in [0.29, 0.717) is 35.5 Å². The first-order valence-electron chi connectivity index (χ1n) is 7.55. The summed E-state index contributed by atoms with van der Waals surface area (Å²) in [6.45, 7) is 1.05. The van der Waals surface area contributed by atoms with Crippen LogP contribution in [-0.4, -0.2) is 29.1 Å².